The van der Waals surface area contributed by atoms with E-state index in [0.717, 1.165) is 0 Å². The molecule has 1 heterocycles. The summed E-state index contributed by atoms with van der Waals surface area (Å²) in [5, 5.41) is 10.5. The number of hydrogen-bond donors (Lipinski definition) is 1. The molecule has 1 aromatic heterocycles. The van der Waals surface area contributed by atoms with Crippen LogP contribution in [0.25, 0.3) is 0 Å². The molecule has 6 heteroatoms. The van der Waals surface area contributed by atoms with Gasteiger partial charge in [-0.3, -0.25) is 9.59 Å². The number of aliphatic hydroxyl groups is 1. The van der Waals surface area contributed by atoms with Gasteiger partial charge in [0.2, 0.25) is 0 Å². The minimum Gasteiger partial charge on any atom is -0.469 e. The summed E-state index contributed by atoms with van der Waals surface area (Å²) in [6.45, 7) is 1.73. The van der Waals surface area contributed by atoms with Gasteiger partial charge in [0.25, 0.3) is 5.91 Å². The van der Waals surface area contributed by atoms with Gasteiger partial charge in [-0.05, 0) is 11.4 Å². The maximum Gasteiger partial charge on any atom is 0.310 e. The van der Waals surface area contributed by atoms with Gasteiger partial charge < -0.3 is 14.7 Å². The summed E-state index contributed by atoms with van der Waals surface area (Å²) >= 11 is 1.29. The monoisotopic (exact) mass is 295 g/mol. The van der Waals surface area contributed by atoms with E-state index in [1.54, 1.807) is 25.4 Å². The Kier molecular flexibility index (Phi) is 6.22. The molecule has 0 bridgehead atoms. The maximum absolute atomic E-state index is 12.3. The van der Waals surface area contributed by atoms with Crippen molar-refractivity contribution >= 4 is 23.2 Å². The van der Waals surface area contributed by atoms with Gasteiger partial charge in [-0.15, -0.1) is 11.3 Å². The summed E-state index contributed by atoms with van der Waals surface area (Å²) in [5.41, 5.74) is 0.589. The lowest BCUT2D eigenvalue weighted by Crippen LogP contribution is -2.34. The zero-order valence-corrected chi connectivity index (χ0v) is 12.5. The molecule has 0 aliphatic carbocycles. The quantitative estimate of drug-likeness (QED) is 0.664. The number of carbonyl (C=O) groups is 2. The minimum atomic E-state index is -0.388. The highest BCUT2D eigenvalue weighted by Crippen LogP contribution is 2.18. The van der Waals surface area contributed by atoms with E-state index < -0.39 is 0 Å². The first-order valence-corrected chi connectivity index (χ1v) is 6.89. The second-order valence-corrected chi connectivity index (χ2v) is 5.15. The third-order valence-corrected chi connectivity index (χ3v) is 3.56. The van der Waals surface area contributed by atoms with Gasteiger partial charge in [-0.25, -0.2) is 0 Å². The van der Waals surface area contributed by atoms with Gasteiger partial charge >= 0.3 is 5.97 Å². The highest BCUT2D eigenvalue weighted by molar-refractivity contribution is 7.12. The van der Waals surface area contributed by atoms with Gasteiger partial charge in [0.05, 0.1) is 13.0 Å². The summed E-state index contributed by atoms with van der Waals surface area (Å²) < 4.78 is 4.64. The number of aliphatic hydroxyl groups excluding tert-OH is 1. The van der Waals surface area contributed by atoms with E-state index in [4.69, 9.17) is 5.11 Å². The van der Waals surface area contributed by atoms with Gasteiger partial charge in [0.15, 0.2) is 0 Å². The van der Waals surface area contributed by atoms with Crippen molar-refractivity contribution in [2.75, 3.05) is 27.3 Å². The van der Waals surface area contributed by atoms with Crippen LogP contribution in [0.3, 0.4) is 0 Å². The number of hydrogen-bond acceptors (Lipinski definition) is 5. The maximum atomic E-state index is 12.3. The standard InChI is InChI=1S/C14H17NO4S/c1-10(14(18)19-3)9-15(2)13(17)12-11(5-4-7-16)6-8-20-12/h6,8,10,16H,7,9H2,1-3H3. The summed E-state index contributed by atoms with van der Waals surface area (Å²) in [6.07, 6.45) is 0. The average molecular weight is 295 g/mol. The van der Waals surface area contributed by atoms with Crippen LogP contribution in [0.1, 0.15) is 22.2 Å². The Balaban J connectivity index is 2.79. The van der Waals surface area contributed by atoms with E-state index in [2.05, 4.69) is 16.6 Å². The molecule has 1 N–H and O–H groups in total. The lowest BCUT2D eigenvalue weighted by Gasteiger charge is -2.19. The third-order valence-electron chi connectivity index (χ3n) is 2.66. The fourth-order valence-electron chi connectivity index (χ4n) is 1.65. The molecule has 1 atom stereocenters. The minimum absolute atomic E-state index is 0.196. The number of methoxy groups -OCH3 is 1. The van der Waals surface area contributed by atoms with E-state index in [0.29, 0.717) is 10.4 Å². The van der Waals surface area contributed by atoms with E-state index in [9.17, 15) is 9.59 Å². The van der Waals surface area contributed by atoms with Gasteiger partial charge in [0, 0.05) is 19.2 Å². The normalized spacial score (nSPS) is 11.2. The highest BCUT2D eigenvalue weighted by Gasteiger charge is 2.21. The molecule has 1 amide bonds. The molecule has 1 unspecified atom stereocenters. The first-order chi connectivity index (χ1) is 9.51. The summed E-state index contributed by atoms with van der Waals surface area (Å²) in [7, 11) is 2.95. The molecule has 0 saturated heterocycles. The van der Waals surface area contributed by atoms with E-state index >= 15 is 0 Å². The van der Waals surface area contributed by atoms with Gasteiger partial charge in [-0.2, -0.15) is 0 Å². The Morgan fingerprint density at radius 2 is 2.25 bits per heavy atom. The Bertz CT molecular complexity index is 541. The molecule has 108 valence electrons. The van der Waals surface area contributed by atoms with Crippen LogP contribution in [-0.2, 0) is 9.53 Å². The second-order valence-electron chi connectivity index (χ2n) is 4.23. The molecule has 0 spiro atoms. The van der Waals surface area contributed by atoms with Crippen LogP contribution in [0.2, 0.25) is 0 Å². The fraction of sp³-hybridized carbons (Fsp3) is 0.429. The zero-order chi connectivity index (χ0) is 15.1. The molecule has 0 aliphatic heterocycles. The number of nitrogens with zero attached hydrogens (tertiary/aromatic N) is 1. The van der Waals surface area contributed by atoms with Crippen molar-refractivity contribution in [3.63, 3.8) is 0 Å². The average Bonchev–Trinajstić information content (AvgIpc) is 2.91. The van der Waals surface area contributed by atoms with E-state index in [1.807, 2.05) is 0 Å². The summed E-state index contributed by atoms with van der Waals surface area (Å²) in [5.74, 6) is 4.32. The molecule has 0 aliphatic rings. The SMILES string of the molecule is COC(=O)C(C)CN(C)C(=O)c1sccc1C#CCO. The molecule has 0 saturated carbocycles. The van der Waals surface area contributed by atoms with Crippen molar-refractivity contribution in [1.29, 1.82) is 0 Å². The molecule has 1 rings (SSSR count). The number of amides is 1. The fourth-order valence-corrected chi connectivity index (χ4v) is 2.49. The van der Waals surface area contributed by atoms with Crippen LogP contribution < -0.4 is 0 Å². The highest BCUT2D eigenvalue weighted by atomic mass is 32.1. The summed E-state index contributed by atoms with van der Waals surface area (Å²) in [4.78, 5) is 25.6. The number of rotatable bonds is 4. The Morgan fingerprint density at radius 3 is 2.85 bits per heavy atom. The smallest absolute Gasteiger partial charge is 0.310 e. The second kappa shape index (κ2) is 7.68. The predicted octanol–water partition coefficient (Wildman–Crippen LogP) is 0.973. The molecule has 0 radical (unpaired) electrons. The van der Waals surface area contributed by atoms with Crippen molar-refractivity contribution in [2.24, 2.45) is 5.92 Å². The third kappa shape index (κ3) is 4.08. The van der Waals surface area contributed by atoms with Crippen molar-refractivity contribution in [2.45, 2.75) is 6.92 Å². The topological polar surface area (TPSA) is 66.8 Å². The van der Waals surface area contributed by atoms with Crippen LogP contribution in [0.4, 0.5) is 0 Å². The molecular weight excluding hydrogens is 278 g/mol. The number of ether oxygens (including phenoxy) is 1. The molecule has 1 aromatic rings. The van der Waals surface area contributed by atoms with Crippen molar-refractivity contribution in [3.05, 3.63) is 21.9 Å². The number of carbonyl (C=O) groups excluding carboxylic acids is 2. The van der Waals surface area contributed by atoms with Crippen LogP contribution in [0.5, 0.6) is 0 Å². The summed E-state index contributed by atoms with van der Waals surface area (Å²) in [6, 6.07) is 1.73. The van der Waals surface area contributed by atoms with Crippen molar-refractivity contribution in [3.8, 4) is 11.8 Å². The van der Waals surface area contributed by atoms with Gasteiger partial charge in [-0.1, -0.05) is 18.8 Å². The Hall–Kier alpha value is -1.84. The van der Waals surface area contributed by atoms with Crippen LogP contribution in [-0.4, -0.2) is 49.2 Å². The van der Waals surface area contributed by atoms with Crippen molar-refractivity contribution < 1.29 is 19.4 Å². The van der Waals surface area contributed by atoms with Crippen LogP contribution in [0.15, 0.2) is 11.4 Å². The lowest BCUT2D eigenvalue weighted by molar-refractivity contribution is -0.145. The number of esters is 1. The first-order valence-electron chi connectivity index (χ1n) is 6.01. The number of thiophene rings is 1. The molecular formula is C14H17NO4S. The molecule has 0 fully saturated rings. The lowest BCUT2D eigenvalue weighted by atomic mass is 10.1. The molecule has 20 heavy (non-hydrogen) atoms. The van der Waals surface area contributed by atoms with Crippen molar-refractivity contribution in [1.82, 2.24) is 4.90 Å². The van der Waals surface area contributed by atoms with E-state index in [-0.39, 0.29) is 30.9 Å². The Labute approximate surface area is 122 Å². The van der Waals surface area contributed by atoms with E-state index in [1.165, 1.54) is 23.3 Å². The zero-order valence-electron chi connectivity index (χ0n) is 11.7. The van der Waals surface area contributed by atoms with Crippen LogP contribution in [0, 0.1) is 17.8 Å². The Morgan fingerprint density at radius 1 is 1.55 bits per heavy atom. The van der Waals surface area contributed by atoms with Gasteiger partial charge in [0.1, 0.15) is 11.5 Å². The predicted molar refractivity (Wildman–Crippen MR) is 76.4 cm³/mol. The first kappa shape index (κ1) is 16.2. The molecule has 0 aromatic carbocycles. The molecule has 5 nitrogen and oxygen atoms in total. The largest absolute Gasteiger partial charge is 0.469 e. The van der Waals surface area contributed by atoms with Crippen LogP contribution >= 0.6 is 11.3 Å².